The number of allylic oxidation sites excluding steroid dienone is 4. The third-order valence-electron chi connectivity index (χ3n) is 6.67. The molecule has 218 valence electrons. The summed E-state index contributed by atoms with van der Waals surface area (Å²) in [5.74, 6) is -0.756. The second kappa shape index (κ2) is 11.4. The van der Waals surface area contributed by atoms with Crippen molar-refractivity contribution < 1.29 is 41.6 Å². The summed E-state index contributed by atoms with van der Waals surface area (Å²) in [6.45, 7) is 6.95. The molecule has 0 amide bonds. The first-order valence-electron chi connectivity index (χ1n) is 12.8. The maximum absolute atomic E-state index is 13.9. The van der Waals surface area contributed by atoms with Crippen LogP contribution in [0, 0.1) is 0 Å². The van der Waals surface area contributed by atoms with Gasteiger partial charge in [-0.3, -0.25) is 9.35 Å². The highest BCUT2D eigenvalue weighted by atomic mass is 32.3. The Hall–Kier alpha value is -4.06. The van der Waals surface area contributed by atoms with Crippen molar-refractivity contribution in [1.82, 2.24) is 0 Å². The maximum atomic E-state index is 13.9. The number of fused-ring (bicyclic) bond motifs is 2. The Labute approximate surface area is 237 Å². The van der Waals surface area contributed by atoms with Crippen LogP contribution in [0.5, 0.6) is 23.0 Å². The first-order valence-corrected chi connectivity index (χ1v) is 14.2. The van der Waals surface area contributed by atoms with Crippen molar-refractivity contribution in [2.24, 2.45) is 0 Å². The van der Waals surface area contributed by atoms with Crippen molar-refractivity contribution in [3.05, 3.63) is 75.0 Å². The minimum atomic E-state index is -4.73. The predicted octanol–water partition coefficient (Wildman–Crippen LogP) is 5.80. The quantitative estimate of drug-likeness (QED) is 0.179. The lowest BCUT2D eigenvalue weighted by Gasteiger charge is -2.31. The fourth-order valence-corrected chi connectivity index (χ4v) is 4.89. The Balaban J connectivity index is 1.86. The molecule has 0 fully saturated rings. The van der Waals surface area contributed by atoms with Crippen LogP contribution in [-0.4, -0.2) is 40.5 Å². The molecule has 41 heavy (non-hydrogen) atoms. The molecule has 1 aliphatic rings. The lowest BCUT2D eigenvalue weighted by molar-refractivity contribution is 0.0720. The number of hydrogen-bond donors (Lipinski definition) is 4. The van der Waals surface area contributed by atoms with Crippen molar-refractivity contribution in [2.75, 3.05) is 6.61 Å². The summed E-state index contributed by atoms with van der Waals surface area (Å²) in [6.07, 6.45) is 8.71. The van der Waals surface area contributed by atoms with E-state index in [4.69, 9.17) is 13.7 Å². The zero-order valence-electron chi connectivity index (χ0n) is 23.1. The minimum Gasteiger partial charge on any atom is -0.508 e. The molecule has 0 saturated carbocycles. The largest absolute Gasteiger partial charge is 0.508 e. The molecular weight excluding hydrogens is 552 g/mol. The Morgan fingerprint density at radius 1 is 1.10 bits per heavy atom. The van der Waals surface area contributed by atoms with Crippen LogP contribution in [0.15, 0.2) is 62.9 Å². The summed E-state index contributed by atoms with van der Waals surface area (Å²) < 4.78 is 47.6. The van der Waals surface area contributed by atoms with Crippen molar-refractivity contribution >= 4 is 27.4 Å². The van der Waals surface area contributed by atoms with Gasteiger partial charge in [0, 0.05) is 17.7 Å². The lowest BCUT2D eigenvalue weighted by Crippen LogP contribution is -2.38. The van der Waals surface area contributed by atoms with Gasteiger partial charge in [0.05, 0.1) is 11.1 Å². The van der Waals surface area contributed by atoms with Crippen LogP contribution in [0.1, 0.15) is 51.7 Å². The van der Waals surface area contributed by atoms with Gasteiger partial charge in [0.1, 0.15) is 51.9 Å². The highest BCUT2D eigenvalue weighted by Gasteiger charge is 2.33. The van der Waals surface area contributed by atoms with Crippen molar-refractivity contribution in [3.8, 4) is 34.3 Å². The van der Waals surface area contributed by atoms with Gasteiger partial charge < -0.3 is 24.5 Å². The number of phenolic OH excluding ortho intramolecular Hbond substituents is 3. The van der Waals surface area contributed by atoms with Crippen LogP contribution in [0.3, 0.4) is 0 Å². The second-order valence-corrected chi connectivity index (χ2v) is 11.6. The SMILES string of the molecule is CC(C)=CCC/C(C)=C\Cc1c(-c2ccc(O)cc2O)oc2cc3c(c(O)c2c1=O)C=CC(C)(COS(=O)(=O)O)O3. The zero-order valence-corrected chi connectivity index (χ0v) is 23.9. The molecule has 4 rings (SSSR count). The third-order valence-corrected chi connectivity index (χ3v) is 7.08. The van der Waals surface area contributed by atoms with E-state index in [9.17, 15) is 28.5 Å². The number of rotatable bonds is 9. The molecule has 0 aliphatic carbocycles. The summed E-state index contributed by atoms with van der Waals surface area (Å²) in [5, 5.41) is 31.5. The summed E-state index contributed by atoms with van der Waals surface area (Å²) in [5.41, 5.74) is 0.887. The Morgan fingerprint density at radius 3 is 2.49 bits per heavy atom. The van der Waals surface area contributed by atoms with Crippen LogP contribution < -0.4 is 10.2 Å². The summed E-state index contributed by atoms with van der Waals surface area (Å²) in [6, 6.07) is 5.28. The van der Waals surface area contributed by atoms with Crippen LogP contribution in [-0.2, 0) is 21.0 Å². The summed E-state index contributed by atoms with van der Waals surface area (Å²) >= 11 is 0. The van der Waals surface area contributed by atoms with Crippen LogP contribution in [0.4, 0.5) is 0 Å². The standard InChI is InChI=1S/C30H32O10S/c1-17(2)6-5-7-18(3)8-10-22-28(34)26-25(39-29(22)20-11-9-19(31)14-23(20)32)15-24-21(27(26)33)12-13-30(4,40-24)16-38-41(35,36)37/h6,8-9,11-15,31-33H,5,7,10,16H2,1-4H3,(H,35,36,37)/b18-8-. The molecular formula is C30H32O10S. The summed E-state index contributed by atoms with van der Waals surface area (Å²) in [4.78, 5) is 13.9. The Bertz CT molecular complexity index is 1760. The van der Waals surface area contributed by atoms with Gasteiger partial charge in [0.15, 0.2) is 0 Å². The van der Waals surface area contributed by atoms with Gasteiger partial charge >= 0.3 is 10.4 Å². The van der Waals surface area contributed by atoms with Crippen LogP contribution in [0.2, 0.25) is 0 Å². The van der Waals surface area contributed by atoms with Gasteiger partial charge in [-0.1, -0.05) is 23.3 Å². The van der Waals surface area contributed by atoms with E-state index >= 15 is 0 Å². The average Bonchev–Trinajstić information content (AvgIpc) is 2.86. The molecule has 2 aromatic carbocycles. The van der Waals surface area contributed by atoms with Crippen molar-refractivity contribution in [3.63, 3.8) is 0 Å². The van der Waals surface area contributed by atoms with E-state index in [0.29, 0.717) is 0 Å². The van der Waals surface area contributed by atoms with Crippen LogP contribution >= 0.6 is 0 Å². The Kier molecular flexibility index (Phi) is 8.34. The first kappa shape index (κ1) is 29.9. The molecule has 0 bridgehead atoms. The predicted molar refractivity (Wildman–Crippen MR) is 155 cm³/mol. The van der Waals surface area contributed by atoms with Gasteiger partial charge in [-0.15, -0.1) is 0 Å². The minimum absolute atomic E-state index is 0.0462. The van der Waals surface area contributed by atoms with E-state index in [1.807, 2.05) is 26.8 Å². The van der Waals surface area contributed by atoms with E-state index in [0.717, 1.165) is 24.5 Å². The van der Waals surface area contributed by atoms with E-state index < -0.39 is 33.8 Å². The molecule has 10 nitrogen and oxygen atoms in total. The zero-order chi connectivity index (χ0) is 30.1. The first-order chi connectivity index (χ1) is 19.2. The summed E-state index contributed by atoms with van der Waals surface area (Å²) in [7, 11) is -4.73. The van der Waals surface area contributed by atoms with Crippen molar-refractivity contribution in [1.29, 1.82) is 0 Å². The van der Waals surface area contributed by atoms with E-state index in [1.54, 1.807) is 0 Å². The number of benzene rings is 2. The van der Waals surface area contributed by atoms with Gasteiger partial charge in [0.2, 0.25) is 5.43 Å². The van der Waals surface area contributed by atoms with Gasteiger partial charge in [0.25, 0.3) is 0 Å². The van der Waals surface area contributed by atoms with Gasteiger partial charge in [-0.05, 0) is 71.2 Å². The van der Waals surface area contributed by atoms with Gasteiger partial charge in [-0.25, -0.2) is 4.18 Å². The van der Waals surface area contributed by atoms with E-state index in [2.05, 4.69) is 10.3 Å². The molecule has 0 radical (unpaired) electrons. The van der Waals surface area contributed by atoms with Crippen molar-refractivity contribution in [2.45, 2.75) is 52.6 Å². The Morgan fingerprint density at radius 2 is 1.83 bits per heavy atom. The molecule has 11 heteroatoms. The van der Waals surface area contributed by atoms with Crippen LogP contribution in [0.25, 0.3) is 28.4 Å². The number of ether oxygens (including phenoxy) is 1. The lowest BCUT2D eigenvalue weighted by atomic mass is 9.96. The average molecular weight is 585 g/mol. The second-order valence-electron chi connectivity index (χ2n) is 10.5. The number of hydrogen-bond acceptors (Lipinski definition) is 9. The third kappa shape index (κ3) is 6.82. The molecule has 3 aromatic rings. The monoisotopic (exact) mass is 584 g/mol. The molecule has 1 atom stereocenters. The highest BCUT2D eigenvalue weighted by Crippen LogP contribution is 2.43. The molecule has 2 heterocycles. The smallest absolute Gasteiger partial charge is 0.397 e. The highest BCUT2D eigenvalue weighted by molar-refractivity contribution is 7.80. The molecule has 0 saturated heterocycles. The fourth-order valence-electron chi connectivity index (χ4n) is 4.50. The van der Waals surface area contributed by atoms with E-state index in [-0.39, 0.29) is 57.1 Å². The molecule has 4 N–H and O–H groups in total. The molecule has 1 aromatic heterocycles. The molecule has 1 aliphatic heterocycles. The maximum Gasteiger partial charge on any atom is 0.397 e. The fraction of sp³-hybridized carbons (Fsp3) is 0.300. The topological polar surface area (TPSA) is 164 Å². The van der Waals surface area contributed by atoms with E-state index in [1.165, 1.54) is 42.8 Å². The number of aromatic hydroxyl groups is 3. The molecule has 0 spiro atoms. The number of phenols is 3. The molecule has 1 unspecified atom stereocenters. The van der Waals surface area contributed by atoms with Gasteiger partial charge in [-0.2, -0.15) is 8.42 Å². The normalized spacial score (nSPS) is 16.9.